The molecule has 2 aliphatic rings. The number of carbonyl (C=O) groups excluding carboxylic acids is 2. The van der Waals surface area contributed by atoms with Gasteiger partial charge in [-0.1, -0.05) is 42.5 Å². The smallest absolute Gasteiger partial charge is 0.492 e. The highest BCUT2D eigenvalue weighted by Crippen LogP contribution is 2.48. The van der Waals surface area contributed by atoms with Crippen LogP contribution in [-0.2, 0) is 14.4 Å². The number of alkyl halides is 3. The highest BCUT2D eigenvalue weighted by Gasteiger charge is 2.60. The third kappa shape index (κ3) is 4.24. The van der Waals surface area contributed by atoms with Crippen molar-refractivity contribution < 1.29 is 37.1 Å². The lowest BCUT2D eigenvalue weighted by Gasteiger charge is -2.29. The second-order valence-corrected chi connectivity index (χ2v) is 8.19. The maximum Gasteiger partial charge on any atom is 0.573 e. The van der Waals surface area contributed by atoms with Crippen LogP contribution in [0.4, 0.5) is 24.5 Å². The topological polar surface area (TPSA) is 68.3 Å². The average Bonchev–Trinajstić information content (AvgIpc) is 3.36. The van der Waals surface area contributed by atoms with Gasteiger partial charge in [0.25, 0.3) is 5.91 Å². The summed E-state index contributed by atoms with van der Waals surface area (Å²) in [6, 6.07) is 20.0. The summed E-state index contributed by atoms with van der Waals surface area (Å²) in [5.41, 5.74) is 1.39. The van der Waals surface area contributed by atoms with E-state index in [9.17, 15) is 22.8 Å². The quantitative estimate of drug-likeness (QED) is 0.444. The maximum absolute atomic E-state index is 13.7. The molecule has 0 bridgehead atoms. The Bertz CT molecular complexity index is 1270. The molecule has 2 saturated heterocycles. The lowest BCUT2D eigenvalue weighted by Crippen LogP contribution is -2.37. The van der Waals surface area contributed by atoms with E-state index in [4.69, 9.17) is 9.57 Å². The SMILES string of the molecule is CCOc1ccccc1N1C(=O)[C@H]2[C@H](ON(c3ccccc3)[C@H]2c2ccc(OC(F)(F)F)cc2)C1=O. The van der Waals surface area contributed by atoms with Gasteiger partial charge in [0.05, 0.1) is 24.0 Å². The summed E-state index contributed by atoms with van der Waals surface area (Å²) >= 11 is 0. The van der Waals surface area contributed by atoms with Crippen LogP contribution in [0.15, 0.2) is 78.9 Å². The van der Waals surface area contributed by atoms with Crippen LogP contribution in [-0.4, -0.2) is 30.9 Å². The Kier molecular flexibility index (Phi) is 6.05. The summed E-state index contributed by atoms with van der Waals surface area (Å²) in [5, 5.41) is 1.47. The second kappa shape index (κ2) is 9.19. The monoisotopic (exact) mass is 498 g/mol. The number of ether oxygens (including phenoxy) is 2. The van der Waals surface area contributed by atoms with Gasteiger partial charge in [-0.05, 0) is 48.9 Å². The number of hydroxylamine groups is 1. The standard InChI is InChI=1S/C26H21F3N2O5/c1-2-34-20-11-7-6-10-19(20)30-24(32)21-22(16-12-14-18(15-13-16)35-26(27,28)29)31(36-23(21)25(30)33)17-8-4-3-5-9-17/h3-15,21-23H,2H2,1H3/t21-,22+,23+/m1/s1. The molecule has 0 saturated carbocycles. The van der Waals surface area contributed by atoms with Crippen LogP contribution in [0.1, 0.15) is 18.5 Å². The number of hydrogen-bond donors (Lipinski definition) is 0. The summed E-state index contributed by atoms with van der Waals surface area (Å²) in [4.78, 5) is 34.3. The number of imide groups is 1. The lowest BCUT2D eigenvalue weighted by molar-refractivity contribution is -0.274. The first-order chi connectivity index (χ1) is 17.3. The summed E-state index contributed by atoms with van der Waals surface area (Å²) in [6.45, 7) is 2.13. The van der Waals surface area contributed by atoms with Gasteiger partial charge in [-0.15, -0.1) is 13.2 Å². The largest absolute Gasteiger partial charge is 0.573 e. The molecule has 2 amide bonds. The minimum atomic E-state index is -4.83. The molecule has 2 aliphatic heterocycles. The van der Waals surface area contributed by atoms with Crippen LogP contribution in [0.5, 0.6) is 11.5 Å². The molecular weight excluding hydrogens is 477 g/mol. The molecule has 0 radical (unpaired) electrons. The Morgan fingerprint density at radius 3 is 2.22 bits per heavy atom. The van der Waals surface area contributed by atoms with E-state index in [0.717, 1.165) is 4.90 Å². The molecule has 0 N–H and O–H groups in total. The predicted molar refractivity (Wildman–Crippen MR) is 123 cm³/mol. The number of anilines is 2. The Balaban J connectivity index is 1.54. The number of rotatable bonds is 6. The van der Waals surface area contributed by atoms with E-state index in [1.807, 2.05) is 0 Å². The molecule has 0 unspecified atom stereocenters. The predicted octanol–water partition coefficient (Wildman–Crippen LogP) is 5.04. The van der Waals surface area contributed by atoms with Crippen molar-refractivity contribution in [3.05, 3.63) is 84.4 Å². The van der Waals surface area contributed by atoms with Gasteiger partial charge >= 0.3 is 6.36 Å². The Labute approximate surface area is 204 Å². The van der Waals surface area contributed by atoms with Gasteiger partial charge < -0.3 is 9.47 Å². The normalized spacial score (nSPS) is 21.6. The van der Waals surface area contributed by atoms with Gasteiger partial charge in [0.15, 0.2) is 6.10 Å². The zero-order chi connectivity index (χ0) is 25.4. The van der Waals surface area contributed by atoms with Gasteiger partial charge in [-0.3, -0.25) is 14.4 Å². The number of hydrogen-bond acceptors (Lipinski definition) is 6. The molecule has 36 heavy (non-hydrogen) atoms. The third-order valence-electron chi connectivity index (χ3n) is 5.99. The van der Waals surface area contributed by atoms with Gasteiger partial charge in [0.1, 0.15) is 17.4 Å². The van der Waals surface area contributed by atoms with Gasteiger partial charge in [0, 0.05) is 0 Å². The fraction of sp³-hybridized carbons (Fsp3) is 0.231. The number of nitrogens with zero attached hydrogens (tertiary/aromatic N) is 2. The number of carbonyl (C=O) groups is 2. The third-order valence-corrected chi connectivity index (χ3v) is 5.99. The minimum Gasteiger partial charge on any atom is -0.492 e. The average molecular weight is 498 g/mol. The van der Waals surface area contributed by atoms with Crippen molar-refractivity contribution >= 4 is 23.2 Å². The first-order valence-electron chi connectivity index (χ1n) is 11.2. The van der Waals surface area contributed by atoms with Crippen molar-refractivity contribution in [2.75, 3.05) is 16.6 Å². The summed E-state index contributed by atoms with van der Waals surface area (Å²) in [7, 11) is 0. The molecule has 3 aromatic rings. The van der Waals surface area contributed by atoms with Crippen LogP contribution in [0, 0.1) is 5.92 Å². The fourth-order valence-electron chi connectivity index (χ4n) is 4.58. The zero-order valence-electron chi connectivity index (χ0n) is 19.0. The maximum atomic E-state index is 13.7. The number of amides is 2. The summed E-state index contributed by atoms with van der Waals surface area (Å²) in [5.74, 6) is -1.99. The Morgan fingerprint density at radius 1 is 0.889 bits per heavy atom. The molecule has 5 rings (SSSR count). The minimum absolute atomic E-state index is 0.311. The molecule has 3 aromatic carbocycles. The zero-order valence-corrected chi connectivity index (χ0v) is 19.0. The molecular formula is C26H21F3N2O5. The molecule has 7 nitrogen and oxygen atoms in total. The van der Waals surface area contributed by atoms with E-state index in [0.29, 0.717) is 29.3 Å². The number of halogens is 3. The van der Waals surface area contributed by atoms with Crippen molar-refractivity contribution in [1.29, 1.82) is 0 Å². The molecule has 0 spiro atoms. The first kappa shape index (κ1) is 23.7. The molecule has 2 fully saturated rings. The van der Waals surface area contributed by atoms with Crippen molar-refractivity contribution in [2.45, 2.75) is 25.4 Å². The summed E-state index contributed by atoms with van der Waals surface area (Å²) in [6.07, 6.45) is -5.95. The molecule has 0 aliphatic carbocycles. The lowest BCUT2D eigenvalue weighted by atomic mass is 9.90. The van der Waals surface area contributed by atoms with E-state index in [1.54, 1.807) is 61.5 Å². The Morgan fingerprint density at radius 2 is 1.56 bits per heavy atom. The van der Waals surface area contributed by atoms with Crippen LogP contribution in [0.25, 0.3) is 0 Å². The Hall–Kier alpha value is -4.05. The van der Waals surface area contributed by atoms with Crippen LogP contribution < -0.4 is 19.4 Å². The molecule has 10 heteroatoms. The second-order valence-electron chi connectivity index (χ2n) is 8.19. The molecule has 3 atom stereocenters. The number of benzene rings is 3. The molecule has 0 aromatic heterocycles. The van der Waals surface area contributed by atoms with Gasteiger partial charge in [-0.25, -0.2) is 9.96 Å². The van der Waals surface area contributed by atoms with E-state index < -0.39 is 42.0 Å². The van der Waals surface area contributed by atoms with Gasteiger partial charge in [-0.2, -0.15) is 0 Å². The van der Waals surface area contributed by atoms with E-state index in [1.165, 1.54) is 29.3 Å². The van der Waals surface area contributed by atoms with Gasteiger partial charge in [0.2, 0.25) is 5.91 Å². The van der Waals surface area contributed by atoms with E-state index in [-0.39, 0.29) is 0 Å². The van der Waals surface area contributed by atoms with Crippen molar-refractivity contribution in [3.8, 4) is 11.5 Å². The van der Waals surface area contributed by atoms with Crippen molar-refractivity contribution in [3.63, 3.8) is 0 Å². The van der Waals surface area contributed by atoms with E-state index >= 15 is 0 Å². The summed E-state index contributed by atoms with van der Waals surface area (Å²) < 4.78 is 47.5. The van der Waals surface area contributed by atoms with Crippen LogP contribution >= 0.6 is 0 Å². The van der Waals surface area contributed by atoms with Crippen molar-refractivity contribution in [1.82, 2.24) is 0 Å². The highest BCUT2D eigenvalue weighted by molar-refractivity contribution is 6.24. The van der Waals surface area contributed by atoms with E-state index in [2.05, 4.69) is 4.74 Å². The number of fused-ring (bicyclic) bond motifs is 1. The van der Waals surface area contributed by atoms with Crippen LogP contribution in [0.2, 0.25) is 0 Å². The highest BCUT2D eigenvalue weighted by atomic mass is 19.4. The first-order valence-corrected chi connectivity index (χ1v) is 11.2. The van der Waals surface area contributed by atoms with Crippen molar-refractivity contribution in [2.24, 2.45) is 5.92 Å². The fourth-order valence-corrected chi connectivity index (χ4v) is 4.58. The van der Waals surface area contributed by atoms with Crippen LogP contribution in [0.3, 0.4) is 0 Å². The molecule has 186 valence electrons. The molecule has 2 heterocycles. The number of para-hydroxylation sites is 3.